The second kappa shape index (κ2) is 5.46. The van der Waals surface area contributed by atoms with Crippen LogP contribution in [-0.2, 0) is 14.3 Å². The zero-order chi connectivity index (χ0) is 14.0. The maximum Gasteiger partial charge on any atom is 0.322 e. The van der Waals surface area contributed by atoms with E-state index in [1.807, 2.05) is 0 Å². The highest BCUT2D eigenvalue weighted by molar-refractivity contribution is 5.85. The molecule has 1 amide bonds. The van der Waals surface area contributed by atoms with Gasteiger partial charge in [-0.2, -0.15) is 0 Å². The van der Waals surface area contributed by atoms with E-state index in [0.717, 1.165) is 19.3 Å². The van der Waals surface area contributed by atoms with Gasteiger partial charge in [-0.05, 0) is 19.9 Å². The number of piperazine rings is 1. The van der Waals surface area contributed by atoms with Crippen LogP contribution < -0.4 is 0 Å². The van der Waals surface area contributed by atoms with Crippen molar-refractivity contribution in [1.82, 2.24) is 9.80 Å². The fourth-order valence-electron chi connectivity index (χ4n) is 2.96. The summed E-state index contributed by atoms with van der Waals surface area (Å²) in [5.74, 6) is -0.797. The first-order chi connectivity index (χ1) is 9.00. The molecule has 0 radical (unpaired) electrons. The topological polar surface area (TPSA) is 70.1 Å². The fourth-order valence-corrected chi connectivity index (χ4v) is 2.96. The monoisotopic (exact) mass is 270 g/mol. The summed E-state index contributed by atoms with van der Waals surface area (Å²) in [4.78, 5) is 27.3. The number of hydrogen-bond acceptors (Lipinski definition) is 4. The van der Waals surface area contributed by atoms with E-state index in [4.69, 9.17) is 4.74 Å². The average molecular weight is 270 g/mol. The van der Waals surface area contributed by atoms with Crippen LogP contribution in [0.4, 0.5) is 0 Å². The van der Waals surface area contributed by atoms with E-state index in [-0.39, 0.29) is 12.5 Å². The molecule has 2 rings (SSSR count). The van der Waals surface area contributed by atoms with E-state index in [9.17, 15) is 14.7 Å². The lowest BCUT2D eigenvalue weighted by molar-refractivity contribution is -0.158. The van der Waals surface area contributed by atoms with Crippen LogP contribution in [0.5, 0.6) is 0 Å². The van der Waals surface area contributed by atoms with Crippen molar-refractivity contribution in [3.63, 3.8) is 0 Å². The van der Waals surface area contributed by atoms with E-state index in [1.54, 1.807) is 24.0 Å². The lowest BCUT2D eigenvalue weighted by atomic mass is 9.68. The van der Waals surface area contributed by atoms with Crippen molar-refractivity contribution in [1.29, 1.82) is 0 Å². The number of carboxylic acids is 1. The minimum Gasteiger partial charge on any atom is -0.480 e. The number of carbonyl (C=O) groups is 2. The molecule has 1 N–H and O–H groups in total. The molecule has 6 nitrogen and oxygen atoms in total. The highest BCUT2D eigenvalue weighted by Gasteiger charge is 2.47. The van der Waals surface area contributed by atoms with Gasteiger partial charge in [0.1, 0.15) is 6.04 Å². The van der Waals surface area contributed by atoms with Crippen molar-refractivity contribution in [3.05, 3.63) is 0 Å². The normalized spacial score (nSPS) is 26.8. The van der Waals surface area contributed by atoms with Crippen LogP contribution in [0.2, 0.25) is 0 Å². The van der Waals surface area contributed by atoms with E-state index >= 15 is 0 Å². The van der Waals surface area contributed by atoms with Crippen molar-refractivity contribution in [3.8, 4) is 0 Å². The number of amides is 1. The Hall–Kier alpha value is -1.14. The van der Waals surface area contributed by atoms with Crippen LogP contribution >= 0.6 is 0 Å². The number of methoxy groups -OCH3 is 1. The highest BCUT2D eigenvalue weighted by Crippen LogP contribution is 2.43. The molecule has 1 heterocycles. The Morgan fingerprint density at radius 1 is 1.37 bits per heavy atom. The molecule has 2 aliphatic rings. The number of hydrogen-bond donors (Lipinski definition) is 1. The molecule has 2 fully saturated rings. The second-order valence-corrected chi connectivity index (χ2v) is 5.65. The van der Waals surface area contributed by atoms with Gasteiger partial charge in [0.2, 0.25) is 5.91 Å². The molecule has 0 bridgehead atoms. The van der Waals surface area contributed by atoms with Gasteiger partial charge in [0, 0.05) is 26.7 Å². The summed E-state index contributed by atoms with van der Waals surface area (Å²) >= 11 is 0. The van der Waals surface area contributed by atoms with Gasteiger partial charge in [0.15, 0.2) is 0 Å². The van der Waals surface area contributed by atoms with E-state index in [1.165, 1.54) is 0 Å². The van der Waals surface area contributed by atoms with Gasteiger partial charge in [0.05, 0.1) is 12.0 Å². The molecule has 1 saturated heterocycles. The lowest BCUT2D eigenvalue weighted by Gasteiger charge is -2.46. The van der Waals surface area contributed by atoms with Gasteiger partial charge in [0.25, 0.3) is 0 Å². The molecule has 1 saturated carbocycles. The van der Waals surface area contributed by atoms with Crippen LogP contribution in [0.15, 0.2) is 0 Å². The maximum atomic E-state index is 12.6. The lowest BCUT2D eigenvalue weighted by Crippen LogP contribution is -2.60. The van der Waals surface area contributed by atoms with Gasteiger partial charge in [-0.15, -0.1) is 0 Å². The molecule has 6 heteroatoms. The molecule has 1 aliphatic heterocycles. The number of ether oxygens (including phenoxy) is 1. The number of rotatable bonds is 4. The van der Waals surface area contributed by atoms with E-state index < -0.39 is 17.4 Å². The Bertz CT molecular complexity index is 368. The summed E-state index contributed by atoms with van der Waals surface area (Å²) in [6.45, 7) is 1.92. The smallest absolute Gasteiger partial charge is 0.322 e. The van der Waals surface area contributed by atoms with E-state index in [2.05, 4.69) is 0 Å². The molecule has 19 heavy (non-hydrogen) atoms. The van der Waals surface area contributed by atoms with Crippen LogP contribution in [0.1, 0.15) is 19.3 Å². The SMILES string of the molecule is COCC1(C(=O)N2CCN(C)C(C(=O)O)C2)CCC1. The number of aliphatic carboxylic acids is 1. The molecular formula is C13H22N2O4. The van der Waals surface area contributed by atoms with Crippen molar-refractivity contribution < 1.29 is 19.4 Å². The molecular weight excluding hydrogens is 248 g/mol. The molecule has 0 aromatic heterocycles. The van der Waals surface area contributed by atoms with Gasteiger partial charge < -0.3 is 14.7 Å². The van der Waals surface area contributed by atoms with Crippen LogP contribution in [0.3, 0.4) is 0 Å². The average Bonchev–Trinajstić information content (AvgIpc) is 2.33. The predicted octanol–water partition coefficient (Wildman–Crippen LogP) is 0.0303. The summed E-state index contributed by atoms with van der Waals surface area (Å²) in [6, 6.07) is -0.600. The van der Waals surface area contributed by atoms with Crippen LogP contribution in [0, 0.1) is 5.41 Å². The van der Waals surface area contributed by atoms with Crippen molar-refractivity contribution >= 4 is 11.9 Å². The summed E-state index contributed by atoms with van der Waals surface area (Å²) in [5.41, 5.74) is -0.395. The minimum absolute atomic E-state index is 0.0694. The van der Waals surface area contributed by atoms with Gasteiger partial charge in [-0.3, -0.25) is 14.5 Å². The molecule has 0 aromatic carbocycles. The molecule has 108 valence electrons. The highest BCUT2D eigenvalue weighted by atomic mass is 16.5. The number of likely N-dealkylation sites (N-methyl/N-ethyl adjacent to an activating group) is 1. The number of carbonyl (C=O) groups excluding carboxylic acids is 1. The third-order valence-electron chi connectivity index (χ3n) is 4.41. The first-order valence-electron chi connectivity index (χ1n) is 6.71. The Morgan fingerprint density at radius 3 is 2.53 bits per heavy atom. The molecule has 1 aliphatic carbocycles. The third-order valence-corrected chi connectivity index (χ3v) is 4.41. The molecule has 1 unspecified atom stereocenters. The third kappa shape index (κ3) is 2.60. The Kier molecular flexibility index (Phi) is 4.10. The molecule has 1 atom stereocenters. The fraction of sp³-hybridized carbons (Fsp3) is 0.846. The standard InChI is InChI=1S/C13H22N2O4/c1-14-6-7-15(8-10(14)11(16)17)12(18)13(9-19-2)4-3-5-13/h10H,3-9H2,1-2H3,(H,16,17). The Labute approximate surface area is 113 Å². The second-order valence-electron chi connectivity index (χ2n) is 5.65. The van der Waals surface area contributed by atoms with Crippen molar-refractivity contribution in [2.45, 2.75) is 25.3 Å². The largest absolute Gasteiger partial charge is 0.480 e. The van der Waals surface area contributed by atoms with Gasteiger partial charge in [-0.25, -0.2) is 0 Å². The zero-order valence-electron chi connectivity index (χ0n) is 11.6. The first kappa shape index (κ1) is 14.3. The summed E-state index contributed by atoms with van der Waals surface area (Å²) in [5, 5.41) is 9.18. The predicted molar refractivity (Wildman–Crippen MR) is 68.8 cm³/mol. The summed E-state index contributed by atoms with van der Waals surface area (Å²) in [7, 11) is 3.40. The first-order valence-corrected chi connectivity index (χ1v) is 6.71. The Balaban J connectivity index is 2.05. The van der Waals surface area contributed by atoms with Gasteiger partial charge in [-0.1, -0.05) is 6.42 Å². The molecule has 0 aromatic rings. The summed E-state index contributed by atoms with van der Waals surface area (Å²) in [6.07, 6.45) is 2.75. The zero-order valence-corrected chi connectivity index (χ0v) is 11.6. The van der Waals surface area contributed by atoms with Crippen LogP contribution in [0.25, 0.3) is 0 Å². The molecule has 0 spiro atoms. The van der Waals surface area contributed by atoms with Crippen molar-refractivity contribution in [2.24, 2.45) is 5.41 Å². The Morgan fingerprint density at radius 2 is 2.05 bits per heavy atom. The van der Waals surface area contributed by atoms with Crippen LogP contribution in [-0.4, -0.2) is 73.2 Å². The number of carboxylic acid groups (broad SMARTS) is 1. The van der Waals surface area contributed by atoms with Crippen molar-refractivity contribution in [2.75, 3.05) is 40.4 Å². The maximum absolute atomic E-state index is 12.6. The minimum atomic E-state index is -0.866. The number of nitrogens with zero attached hydrogens (tertiary/aromatic N) is 2. The quantitative estimate of drug-likeness (QED) is 0.780. The van der Waals surface area contributed by atoms with E-state index in [0.29, 0.717) is 19.7 Å². The summed E-state index contributed by atoms with van der Waals surface area (Å²) < 4.78 is 5.18. The van der Waals surface area contributed by atoms with Gasteiger partial charge >= 0.3 is 5.97 Å².